The van der Waals surface area contributed by atoms with E-state index in [1.807, 2.05) is 7.05 Å². The lowest BCUT2D eigenvalue weighted by molar-refractivity contribution is -0.872. The number of unbranched alkanes of at least 4 members (excludes halogenated alkanes) is 5. The Kier molecular flexibility index (Phi) is 15.3. The first-order valence-corrected chi connectivity index (χ1v) is 9.15. The number of rotatable bonds is 16. The third kappa shape index (κ3) is 17.3. The van der Waals surface area contributed by atoms with E-state index in [0.29, 0.717) is 0 Å². The summed E-state index contributed by atoms with van der Waals surface area (Å²) < 4.78 is 0. The number of nitrogens with one attached hydrogen (secondary N) is 2. The van der Waals surface area contributed by atoms with Crippen molar-refractivity contribution in [3.8, 4) is 0 Å². The maximum atomic E-state index is 10.5. The third-order valence-corrected chi connectivity index (χ3v) is 3.86. The van der Waals surface area contributed by atoms with E-state index in [-0.39, 0.29) is 6.54 Å². The minimum atomic E-state index is -0.767. The normalized spacial score (nSPS) is 14.2. The summed E-state index contributed by atoms with van der Waals surface area (Å²) >= 11 is 0. The van der Waals surface area contributed by atoms with Crippen molar-refractivity contribution in [3.05, 3.63) is 12.2 Å². The molecular formula is C18H37N2O3+. The Morgan fingerprint density at radius 1 is 1.13 bits per heavy atom. The number of aliphatic hydroxyl groups excluding tert-OH is 1. The molecule has 0 heterocycles. The predicted molar refractivity (Wildman–Crippen MR) is 94.6 cm³/mol. The van der Waals surface area contributed by atoms with Gasteiger partial charge in [0.2, 0.25) is 0 Å². The summed E-state index contributed by atoms with van der Waals surface area (Å²) in [6.07, 6.45) is 14.1. The first-order valence-electron chi connectivity index (χ1n) is 9.15. The molecule has 0 amide bonds. The lowest BCUT2D eigenvalue weighted by Crippen LogP contribution is -3.10. The number of carboxylic acids is 1. The fraction of sp³-hybridized carbons (Fsp3) is 0.833. The maximum absolute atomic E-state index is 10.5. The van der Waals surface area contributed by atoms with Crippen molar-refractivity contribution in [2.75, 3.05) is 26.7 Å². The molecule has 0 radical (unpaired) electrons. The van der Waals surface area contributed by atoms with Gasteiger partial charge in [-0.3, -0.25) is 5.32 Å². The van der Waals surface area contributed by atoms with Crippen LogP contribution in [0.15, 0.2) is 12.2 Å². The van der Waals surface area contributed by atoms with Gasteiger partial charge in [0.05, 0.1) is 13.6 Å². The van der Waals surface area contributed by atoms with E-state index in [0.717, 1.165) is 43.7 Å². The van der Waals surface area contributed by atoms with Gasteiger partial charge in [-0.15, -0.1) is 0 Å². The molecule has 0 saturated carbocycles. The third-order valence-electron chi connectivity index (χ3n) is 3.86. The molecule has 0 fully saturated rings. The van der Waals surface area contributed by atoms with E-state index in [4.69, 9.17) is 5.11 Å². The second-order valence-corrected chi connectivity index (χ2v) is 6.33. The van der Waals surface area contributed by atoms with Gasteiger partial charge in [0.15, 0.2) is 6.54 Å². The largest absolute Gasteiger partial charge is 0.477 e. The quantitative estimate of drug-likeness (QED) is 0.197. The molecule has 0 bridgehead atoms. The Bertz CT molecular complexity index is 309. The number of allylic oxidation sites excluding steroid dienone is 2. The maximum Gasteiger partial charge on any atom is 0.359 e. The Balaban J connectivity index is 3.32. The molecular weight excluding hydrogens is 292 g/mol. The van der Waals surface area contributed by atoms with Crippen molar-refractivity contribution in [3.63, 3.8) is 0 Å². The van der Waals surface area contributed by atoms with E-state index in [1.165, 1.54) is 32.1 Å². The molecule has 5 nitrogen and oxygen atoms in total. The fourth-order valence-electron chi connectivity index (χ4n) is 2.52. The first kappa shape index (κ1) is 22.1. The van der Waals surface area contributed by atoms with Gasteiger partial charge < -0.3 is 15.1 Å². The SMILES string of the molecule is CCC=CCCCCCCCC(O)NCCC[NH+](C)CC(=O)O. The number of carbonyl (C=O) groups is 1. The van der Waals surface area contributed by atoms with Crippen molar-refractivity contribution in [1.29, 1.82) is 0 Å². The summed E-state index contributed by atoms with van der Waals surface area (Å²) in [5, 5.41) is 21.6. The molecule has 0 rings (SSSR count). The molecule has 2 atom stereocenters. The van der Waals surface area contributed by atoms with Crippen LogP contribution in [0.2, 0.25) is 0 Å². The Hall–Kier alpha value is -0.910. The molecule has 0 saturated heterocycles. The van der Waals surface area contributed by atoms with Gasteiger partial charge in [-0.1, -0.05) is 38.3 Å². The summed E-state index contributed by atoms with van der Waals surface area (Å²) in [7, 11) is 1.88. The zero-order valence-corrected chi connectivity index (χ0v) is 15.0. The minimum absolute atomic E-state index is 0.150. The number of likely N-dealkylation sites (N-methyl/N-ethyl adjacent to an activating group) is 1. The lowest BCUT2D eigenvalue weighted by atomic mass is 10.1. The summed E-state index contributed by atoms with van der Waals surface area (Å²) in [5.74, 6) is -0.767. The Morgan fingerprint density at radius 2 is 1.83 bits per heavy atom. The second kappa shape index (κ2) is 16.0. The Labute approximate surface area is 141 Å². The monoisotopic (exact) mass is 329 g/mol. The Morgan fingerprint density at radius 3 is 2.52 bits per heavy atom. The van der Waals surface area contributed by atoms with Crippen LogP contribution in [-0.4, -0.2) is 49.1 Å². The number of quaternary nitrogens is 1. The van der Waals surface area contributed by atoms with Crippen LogP contribution in [0.25, 0.3) is 0 Å². The average Bonchev–Trinajstić information content (AvgIpc) is 2.49. The zero-order valence-electron chi connectivity index (χ0n) is 15.0. The number of aliphatic hydroxyl groups is 1. The molecule has 0 aromatic heterocycles. The summed E-state index contributed by atoms with van der Waals surface area (Å²) in [4.78, 5) is 11.5. The number of hydrogen-bond acceptors (Lipinski definition) is 3. The highest BCUT2D eigenvalue weighted by Gasteiger charge is 2.07. The van der Waals surface area contributed by atoms with Crippen LogP contribution in [-0.2, 0) is 4.79 Å². The first-order chi connectivity index (χ1) is 11.1. The van der Waals surface area contributed by atoms with Gasteiger partial charge in [-0.05, 0) is 32.1 Å². The molecule has 0 aromatic carbocycles. The molecule has 0 aliphatic heterocycles. The van der Waals surface area contributed by atoms with Gasteiger partial charge in [-0.2, -0.15) is 0 Å². The molecule has 0 aliphatic carbocycles. The van der Waals surface area contributed by atoms with Gasteiger partial charge >= 0.3 is 5.97 Å². The van der Waals surface area contributed by atoms with Gasteiger partial charge in [0, 0.05) is 13.0 Å². The van der Waals surface area contributed by atoms with Crippen LogP contribution in [0.1, 0.15) is 64.7 Å². The topological polar surface area (TPSA) is 74.0 Å². The predicted octanol–water partition coefficient (Wildman–Crippen LogP) is 1.58. The molecule has 2 unspecified atom stereocenters. The average molecular weight is 330 g/mol. The van der Waals surface area contributed by atoms with E-state index < -0.39 is 12.2 Å². The van der Waals surface area contributed by atoms with Crippen molar-refractivity contribution < 1.29 is 19.9 Å². The van der Waals surface area contributed by atoms with E-state index in [9.17, 15) is 9.90 Å². The fourth-order valence-corrected chi connectivity index (χ4v) is 2.52. The smallest absolute Gasteiger partial charge is 0.359 e. The molecule has 0 aliphatic rings. The molecule has 5 heteroatoms. The van der Waals surface area contributed by atoms with Gasteiger partial charge in [0.25, 0.3) is 0 Å². The van der Waals surface area contributed by atoms with Crippen molar-refractivity contribution in [1.82, 2.24) is 5.32 Å². The van der Waals surface area contributed by atoms with Crippen LogP contribution < -0.4 is 10.2 Å². The van der Waals surface area contributed by atoms with E-state index in [2.05, 4.69) is 24.4 Å². The number of carboxylic acid groups (broad SMARTS) is 1. The van der Waals surface area contributed by atoms with Crippen LogP contribution in [0.5, 0.6) is 0 Å². The highest BCUT2D eigenvalue weighted by Crippen LogP contribution is 2.08. The van der Waals surface area contributed by atoms with Crippen LogP contribution in [0.4, 0.5) is 0 Å². The lowest BCUT2D eigenvalue weighted by Gasteiger charge is -2.14. The van der Waals surface area contributed by atoms with Crippen molar-refractivity contribution in [2.45, 2.75) is 70.9 Å². The van der Waals surface area contributed by atoms with Gasteiger partial charge in [0.1, 0.15) is 6.23 Å². The zero-order chi connectivity index (χ0) is 17.3. The highest BCUT2D eigenvalue weighted by atomic mass is 16.4. The summed E-state index contributed by atoms with van der Waals surface area (Å²) in [5.41, 5.74) is 0. The highest BCUT2D eigenvalue weighted by molar-refractivity contribution is 5.67. The minimum Gasteiger partial charge on any atom is -0.477 e. The second-order valence-electron chi connectivity index (χ2n) is 6.33. The van der Waals surface area contributed by atoms with Crippen LogP contribution >= 0.6 is 0 Å². The van der Waals surface area contributed by atoms with Crippen molar-refractivity contribution >= 4 is 5.97 Å². The number of hydrogen-bond donors (Lipinski definition) is 4. The molecule has 23 heavy (non-hydrogen) atoms. The number of aliphatic carboxylic acids is 1. The summed E-state index contributed by atoms with van der Waals surface area (Å²) in [6, 6.07) is 0. The molecule has 0 spiro atoms. The van der Waals surface area contributed by atoms with Crippen LogP contribution in [0, 0.1) is 0 Å². The van der Waals surface area contributed by atoms with E-state index in [1.54, 1.807) is 0 Å². The van der Waals surface area contributed by atoms with Gasteiger partial charge in [-0.25, -0.2) is 4.79 Å². The van der Waals surface area contributed by atoms with Crippen molar-refractivity contribution in [2.24, 2.45) is 0 Å². The van der Waals surface area contributed by atoms with Crippen LogP contribution in [0.3, 0.4) is 0 Å². The standard InChI is InChI=1S/C18H36N2O3/c1-3-4-5-6-7-8-9-10-11-13-17(21)19-14-12-15-20(2)16-18(22)23/h4-5,17,19,21H,3,6-16H2,1-2H3,(H,22,23)/p+1. The molecule has 0 aromatic rings. The summed E-state index contributed by atoms with van der Waals surface area (Å²) in [6.45, 7) is 3.85. The molecule has 4 N–H and O–H groups in total. The molecule has 136 valence electrons. The van der Waals surface area contributed by atoms with E-state index >= 15 is 0 Å².